The van der Waals surface area contributed by atoms with E-state index < -0.39 is 0 Å². The molecule has 1 rings (SSSR count). The van der Waals surface area contributed by atoms with Crippen LogP contribution in [0.1, 0.15) is 39.9 Å². The van der Waals surface area contributed by atoms with Gasteiger partial charge in [-0.15, -0.1) is 0 Å². The largest absolute Gasteiger partial charge is 0.377 e. The van der Waals surface area contributed by atoms with E-state index in [1.807, 2.05) is 4.68 Å². The maximum absolute atomic E-state index is 5.58. The fraction of sp³-hybridized carbons (Fsp3) is 0.846. The van der Waals surface area contributed by atoms with Crippen LogP contribution < -0.4 is 5.32 Å². The second kappa shape index (κ2) is 6.85. The van der Waals surface area contributed by atoms with Crippen LogP contribution in [0.25, 0.3) is 0 Å². The molecule has 5 nitrogen and oxygen atoms in total. The molecule has 0 aliphatic carbocycles. The lowest BCUT2D eigenvalue weighted by molar-refractivity contribution is -0.0104. The van der Waals surface area contributed by atoms with Gasteiger partial charge in [0.2, 0.25) is 0 Å². The van der Waals surface area contributed by atoms with Gasteiger partial charge in [-0.25, -0.2) is 4.98 Å². The molecule has 0 spiro atoms. The van der Waals surface area contributed by atoms with Crippen molar-refractivity contribution in [2.45, 2.75) is 58.7 Å². The normalized spacial score (nSPS) is 13.8. The van der Waals surface area contributed by atoms with Gasteiger partial charge in [-0.05, 0) is 26.8 Å². The molecule has 0 bridgehead atoms. The van der Waals surface area contributed by atoms with Gasteiger partial charge in [-0.3, -0.25) is 4.68 Å². The molecule has 1 aromatic rings. The van der Waals surface area contributed by atoms with Gasteiger partial charge >= 0.3 is 0 Å². The van der Waals surface area contributed by atoms with Gasteiger partial charge < -0.3 is 10.1 Å². The van der Waals surface area contributed by atoms with E-state index in [-0.39, 0.29) is 11.6 Å². The van der Waals surface area contributed by atoms with E-state index in [1.54, 1.807) is 13.4 Å². The summed E-state index contributed by atoms with van der Waals surface area (Å²) in [5.74, 6) is 1.02. The van der Waals surface area contributed by atoms with Crippen molar-refractivity contribution in [3.63, 3.8) is 0 Å². The lowest BCUT2D eigenvalue weighted by Crippen LogP contribution is -2.49. The Labute approximate surface area is 110 Å². The second-order valence-electron chi connectivity index (χ2n) is 5.02. The number of ether oxygens (including phenoxy) is 1. The molecule has 0 saturated carbocycles. The Morgan fingerprint density at radius 2 is 2.17 bits per heavy atom. The molecule has 0 fully saturated rings. The number of hydrogen-bond acceptors (Lipinski definition) is 4. The summed E-state index contributed by atoms with van der Waals surface area (Å²) in [6.45, 7) is 10.3. The standard InChI is InChI=1S/C13H26N4O/c1-6-8-17-12(15-10-16-17)9-11(14-7-2)13(3,4)18-5/h10-11,14H,6-9H2,1-5H3. The molecule has 0 saturated heterocycles. The highest BCUT2D eigenvalue weighted by Crippen LogP contribution is 2.17. The van der Waals surface area contributed by atoms with Crippen molar-refractivity contribution in [2.24, 2.45) is 0 Å². The Morgan fingerprint density at radius 1 is 1.44 bits per heavy atom. The molecule has 1 aromatic heterocycles. The van der Waals surface area contributed by atoms with Crippen LogP contribution >= 0.6 is 0 Å². The van der Waals surface area contributed by atoms with Crippen molar-refractivity contribution < 1.29 is 4.74 Å². The topological polar surface area (TPSA) is 52.0 Å². The Bertz CT molecular complexity index is 349. The van der Waals surface area contributed by atoms with E-state index >= 15 is 0 Å². The molecular weight excluding hydrogens is 228 g/mol. The molecule has 5 heteroatoms. The minimum absolute atomic E-state index is 0.223. The minimum atomic E-state index is -0.223. The fourth-order valence-electron chi connectivity index (χ4n) is 1.98. The van der Waals surface area contributed by atoms with Crippen LogP contribution in [-0.2, 0) is 17.7 Å². The van der Waals surface area contributed by atoms with Crippen LogP contribution in [0.15, 0.2) is 6.33 Å². The third kappa shape index (κ3) is 3.78. The monoisotopic (exact) mass is 254 g/mol. The highest BCUT2D eigenvalue weighted by atomic mass is 16.5. The summed E-state index contributed by atoms with van der Waals surface area (Å²) >= 11 is 0. The number of methoxy groups -OCH3 is 1. The second-order valence-corrected chi connectivity index (χ2v) is 5.02. The maximum Gasteiger partial charge on any atom is 0.138 e. The Balaban J connectivity index is 2.79. The molecule has 0 amide bonds. The van der Waals surface area contributed by atoms with Crippen LogP contribution in [0, 0.1) is 0 Å². The number of hydrogen-bond donors (Lipinski definition) is 1. The van der Waals surface area contributed by atoms with E-state index in [2.05, 4.69) is 43.1 Å². The number of aromatic nitrogens is 3. The predicted octanol–water partition coefficient (Wildman–Crippen LogP) is 1.63. The summed E-state index contributed by atoms with van der Waals surface area (Å²) in [6, 6.07) is 0.229. The highest BCUT2D eigenvalue weighted by molar-refractivity contribution is 4.96. The van der Waals surface area contributed by atoms with Crippen molar-refractivity contribution in [1.82, 2.24) is 20.1 Å². The summed E-state index contributed by atoms with van der Waals surface area (Å²) < 4.78 is 7.56. The van der Waals surface area contributed by atoms with Crippen LogP contribution in [-0.4, -0.2) is 40.1 Å². The van der Waals surface area contributed by atoms with Crippen molar-refractivity contribution in [2.75, 3.05) is 13.7 Å². The molecule has 0 aromatic carbocycles. The first kappa shape index (κ1) is 15.1. The van der Waals surface area contributed by atoms with Gasteiger partial charge in [0, 0.05) is 26.1 Å². The SMILES string of the molecule is CCCn1ncnc1CC(NCC)C(C)(C)OC. The number of rotatable bonds is 8. The summed E-state index contributed by atoms with van der Waals surface area (Å²) in [7, 11) is 1.75. The minimum Gasteiger partial charge on any atom is -0.377 e. The Kier molecular flexibility index (Phi) is 5.75. The molecule has 104 valence electrons. The third-order valence-corrected chi connectivity index (χ3v) is 3.33. The number of likely N-dealkylation sites (N-methyl/N-ethyl adjacent to an activating group) is 1. The number of nitrogens with zero attached hydrogens (tertiary/aromatic N) is 3. The average molecular weight is 254 g/mol. The summed E-state index contributed by atoms with van der Waals surface area (Å²) in [5, 5.41) is 7.74. The van der Waals surface area contributed by atoms with Crippen molar-refractivity contribution in [3.05, 3.63) is 12.2 Å². The maximum atomic E-state index is 5.58. The van der Waals surface area contributed by atoms with Gasteiger partial charge in [-0.1, -0.05) is 13.8 Å². The number of aryl methyl sites for hydroxylation is 1. The van der Waals surface area contributed by atoms with Gasteiger partial charge in [0.1, 0.15) is 12.2 Å². The van der Waals surface area contributed by atoms with Gasteiger partial charge in [0.25, 0.3) is 0 Å². The molecule has 18 heavy (non-hydrogen) atoms. The first-order valence-electron chi connectivity index (χ1n) is 6.70. The van der Waals surface area contributed by atoms with Crippen molar-refractivity contribution in [3.8, 4) is 0 Å². The molecule has 1 heterocycles. The van der Waals surface area contributed by atoms with E-state index in [9.17, 15) is 0 Å². The third-order valence-electron chi connectivity index (χ3n) is 3.33. The lowest BCUT2D eigenvalue weighted by atomic mass is 9.95. The van der Waals surface area contributed by atoms with E-state index in [0.717, 1.165) is 31.8 Å². The summed E-state index contributed by atoms with van der Waals surface area (Å²) in [4.78, 5) is 4.36. The Morgan fingerprint density at radius 3 is 2.72 bits per heavy atom. The fourth-order valence-corrected chi connectivity index (χ4v) is 1.98. The van der Waals surface area contributed by atoms with Crippen LogP contribution in [0.5, 0.6) is 0 Å². The Hall–Kier alpha value is -0.940. The highest BCUT2D eigenvalue weighted by Gasteiger charge is 2.30. The molecule has 1 N–H and O–H groups in total. The molecule has 0 aliphatic rings. The van der Waals surface area contributed by atoms with E-state index in [0.29, 0.717) is 0 Å². The van der Waals surface area contributed by atoms with Crippen LogP contribution in [0.2, 0.25) is 0 Å². The van der Waals surface area contributed by atoms with Gasteiger partial charge in [0.15, 0.2) is 0 Å². The molecule has 1 atom stereocenters. The number of nitrogens with one attached hydrogen (secondary N) is 1. The van der Waals surface area contributed by atoms with Gasteiger partial charge in [-0.2, -0.15) is 5.10 Å². The smallest absolute Gasteiger partial charge is 0.138 e. The first-order valence-corrected chi connectivity index (χ1v) is 6.70. The lowest BCUT2D eigenvalue weighted by Gasteiger charge is -2.33. The molecular formula is C13H26N4O. The zero-order valence-electron chi connectivity index (χ0n) is 12.2. The molecule has 0 radical (unpaired) electrons. The molecule has 1 unspecified atom stereocenters. The average Bonchev–Trinajstić information content (AvgIpc) is 2.77. The summed E-state index contributed by atoms with van der Waals surface area (Å²) in [5.41, 5.74) is -0.223. The quantitative estimate of drug-likeness (QED) is 0.766. The van der Waals surface area contributed by atoms with Crippen molar-refractivity contribution in [1.29, 1.82) is 0 Å². The van der Waals surface area contributed by atoms with E-state index in [4.69, 9.17) is 4.74 Å². The predicted molar refractivity (Wildman–Crippen MR) is 72.6 cm³/mol. The molecule has 0 aliphatic heterocycles. The zero-order valence-corrected chi connectivity index (χ0v) is 12.2. The first-order chi connectivity index (χ1) is 8.55. The zero-order chi connectivity index (χ0) is 13.6. The van der Waals surface area contributed by atoms with Crippen LogP contribution in [0.4, 0.5) is 0 Å². The van der Waals surface area contributed by atoms with E-state index in [1.165, 1.54) is 0 Å². The van der Waals surface area contributed by atoms with Crippen molar-refractivity contribution >= 4 is 0 Å². The van der Waals surface area contributed by atoms with Gasteiger partial charge in [0.05, 0.1) is 5.60 Å². The van der Waals surface area contributed by atoms with Crippen LogP contribution in [0.3, 0.4) is 0 Å². The summed E-state index contributed by atoms with van der Waals surface area (Å²) in [6.07, 6.45) is 3.53.